The average molecular weight is 287 g/mol. The van der Waals surface area contributed by atoms with E-state index in [9.17, 15) is 4.39 Å². The molecule has 3 N–H and O–H groups in total. The van der Waals surface area contributed by atoms with Crippen molar-refractivity contribution in [1.82, 2.24) is 9.97 Å². The molecule has 94 valence electrons. The predicted octanol–water partition coefficient (Wildman–Crippen LogP) is 3.18. The molecular formula is C11H9Cl2FN4. The van der Waals surface area contributed by atoms with E-state index in [1.54, 1.807) is 18.2 Å². The highest BCUT2D eigenvalue weighted by Gasteiger charge is 2.14. The van der Waals surface area contributed by atoms with Gasteiger partial charge in [0.05, 0.1) is 15.7 Å². The van der Waals surface area contributed by atoms with Gasteiger partial charge in [-0.15, -0.1) is 0 Å². The van der Waals surface area contributed by atoms with E-state index in [1.807, 2.05) is 0 Å². The topological polar surface area (TPSA) is 63.8 Å². The van der Waals surface area contributed by atoms with Crippen molar-refractivity contribution in [1.29, 1.82) is 0 Å². The highest BCUT2D eigenvalue weighted by Crippen LogP contribution is 2.32. The number of anilines is 1. The van der Waals surface area contributed by atoms with Gasteiger partial charge >= 0.3 is 0 Å². The second-order valence-electron chi connectivity index (χ2n) is 3.54. The Labute approximate surface area is 113 Å². The molecule has 0 radical (unpaired) electrons. The summed E-state index contributed by atoms with van der Waals surface area (Å²) in [5.74, 6) is 4.77. The predicted molar refractivity (Wildman–Crippen MR) is 70.0 cm³/mol. The first kappa shape index (κ1) is 13.0. The molecule has 7 heteroatoms. The molecule has 4 nitrogen and oxygen atoms in total. The molecule has 1 aromatic heterocycles. The van der Waals surface area contributed by atoms with Gasteiger partial charge in [-0.1, -0.05) is 29.3 Å². The zero-order chi connectivity index (χ0) is 13.3. The third-order valence-corrected chi connectivity index (χ3v) is 3.16. The molecule has 18 heavy (non-hydrogen) atoms. The van der Waals surface area contributed by atoms with Crippen LogP contribution in [0.2, 0.25) is 10.0 Å². The molecular weight excluding hydrogens is 278 g/mol. The van der Waals surface area contributed by atoms with Crippen LogP contribution >= 0.6 is 23.2 Å². The SMILES string of the molecule is Cc1nc(-c2cccc(Cl)c2Cl)nc(NN)c1F. The van der Waals surface area contributed by atoms with Gasteiger partial charge in [-0.25, -0.2) is 20.2 Å². The standard InChI is InChI=1S/C11H9Cl2FN4/c1-5-9(14)11(18-15)17-10(16-5)6-3-2-4-7(12)8(6)13/h2-4H,15H2,1H3,(H,16,17,18). The molecule has 0 unspecified atom stereocenters. The average Bonchev–Trinajstić information content (AvgIpc) is 2.36. The number of hydrogen-bond acceptors (Lipinski definition) is 4. The van der Waals surface area contributed by atoms with Crippen LogP contribution in [0.5, 0.6) is 0 Å². The van der Waals surface area contributed by atoms with Crippen LogP contribution in [0.3, 0.4) is 0 Å². The van der Waals surface area contributed by atoms with Gasteiger partial charge in [0.15, 0.2) is 17.5 Å². The van der Waals surface area contributed by atoms with Gasteiger partial charge in [-0.05, 0) is 19.1 Å². The van der Waals surface area contributed by atoms with Crippen LogP contribution in [0.4, 0.5) is 10.2 Å². The summed E-state index contributed by atoms with van der Waals surface area (Å²) >= 11 is 12.0. The summed E-state index contributed by atoms with van der Waals surface area (Å²) in [4.78, 5) is 7.99. The summed E-state index contributed by atoms with van der Waals surface area (Å²) in [5, 5.41) is 0.690. The minimum Gasteiger partial charge on any atom is -0.306 e. The van der Waals surface area contributed by atoms with Crippen molar-refractivity contribution in [2.45, 2.75) is 6.92 Å². The number of aryl methyl sites for hydroxylation is 1. The van der Waals surface area contributed by atoms with Crippen LogP contribution in [0, 0.1) is 12.7 Å². The maximum Gasteiger partial charge on any atom is 0.187 e. The van der Waals surface area contributed by atoms with Crippen molar-refractivity contribution in [3.63, 3.8) is 0 Å². The third-order valence-electron chi connectivity index (χ3n) is 2.35. The largest absolute Gasteiger partial charge is 0.306 e. The van der Waals surface area contributed by atoms with Crippen molar-refractivity contribution in [3.8, 4) is 11.4 Å². The molecule has 2 rings (SSSR count). The maximum absolute atomic E-state index is 13.6. The number of aromatic nitrogens is 2. The fraction of sp³-hybridized carbons (Fsp3) is 0.0909. The lowest BCUT2D eigenvalue weighted by molar-refractivity contribution is 0.606. The monoisotopic (exact) mass is 286 g/mol. The summed E-state index contributed by atoms with van der Waals surface area (Å²) in [6.45, 7) is 1.51. The summed E-state index contributed by atoms with van der Waals surface area (Å²) < 4.78 is 13.6. The molecule has 0 atom stereocenters. The second kappa shape index (κ2) is 5.06. The number of rotatable bonds is 2. The van der Waals surface area contributed by atoms with Crippen molar-refractivity contribution in [2.75, 3.05) is 5.43 Å². The minimum atomic E-state index is -0.598. The van der Waals surface area contributed by atoms with Crippen LogP contribution in [-0.4, -0.2) is 9.97 Å². The van der Waals surface area contributed by atoms with Crippen LogP contribution in [-0.2, 0) is 0 Å². The molecule has 0 amide bonds. The molecule has 1 heterocycles. The molecule has 0 aliphatic rings. The van der Waals surface area contributed by atoms with Crippen LogP contribution < -0.4 is 11.3 Å². The lowest BCUT2D eigenvalue weighted by atomic mass is 10.2. The minimum absolute atomic E-state index is 0.0893. The zero-order valence-corrected chi connectivity index (χ0v) is 10.8. The van der Waals surface area contributed by atoms with E-state index >= 15 is 0 Å². The first-order valence-corrected chi connectivity index (χ1v) is 5.75. The van der Waals surface area contributed by atoms with Crippen LogP contribution in [0.25, 0.3) is 11.4 Å². The number of hydrogen-bond donors (Lipinski definition) is 2. The highest BCUT2D eigenvalue weighted by molar-refractivity contribution is 6.43. The van der Waals surface area contributed by atoms with Gasteiger partial charge in [0.25, 0.3) is 0 Å². The number of halogens is 3. The molecule has 0 fully saturated rings. The third kappa shape index (κ3) is 2.25. The van der Waals surface area contributed by atoms with E-state index in [4.69, 9.17) is 29.0 Å². The first-order valence-electron chi connectivity index (χ1n) is 4.99. The Bertz CT molecular complexity index is 604. The van der Waals surface area contributed by atoms with E-state index in [-0.39, 0.29) is 17.3 Å². The summed E-state index contributed by atoms with van der Waals surface area (Å²) in [6.07, 6.45) is 0. The number of nitrogens with one attached hydrogen (secondary N) is 1. The summed E-state index contributed by atoms with van der Waals surface area (Å²) in [7, 11) is 0. The summed E-state index contributed by atoms with van der Waals surface area (Å²) in [5.41, 5.74) is 2.87. The Balaban J connectivity index is 2.64. The second-order valence-corrected chi connectivity index (χ2v) is 4.33. The van der Waals surface area contributed by atoms with E-state index in [2.05, 4.69) is 15.4 Å². The molecule has 0 aliphatic heterocycles. The Kier molecular flexibility index (Phi) is 3.65. The van der Waals surface area contributed by atoms with Gasteiger partial charge < -0.3 is 5.43 Å². The van der Waals surface area contributed by atoms with Crippen LogP contribution in [0.1, 0.15) is 5.69 Å². The highest BCUT2D eigenvalue weighted by atomic mass is 35.5. The molecule has 0 saturated heterocycles. The Morgan fingerprint density at radius 1 is 1.28 bits per heavy atom. The Hall–Kier alpha value is -1.43. The number of nitrogen functional groups attached to an aromatic ring is 1. The van der Waals surface area contributed by atoms with Crippen LogP contribution in [0.15, 0.2) is 18.2 Å². The van der Waals surface area contributed by atoms with Gasteiger partial charge in [-0.2, -0.15) is 0 Å². The number of nitrogens with zero attached hydrogens (tertiary/aromatic N) is 2. The van der Waals surface area contributed by atoms with E-state index in [0.29, 0.717) is 15.6 Å². The van der Waals surface area contributed by atoms with Gasteiger partial charge in [0, 0.05) is 5.56 Å². The van der Waals surface area contributed by atoms with E-state index in [1.165, 1.54) is 6.92 Å². The lowest BCUT2D eigenvalue weighted by Gasteiger charge is -2.09. The van der Waals surface area contributed by atoms with Gasteiger partial charge in [0.2, 0.25) is 0 Å². The Morgan fingerprint density at radius 2 is 2.00 bits per heavy atom. The molecule has 0 aliphatic carbocycles. The zero-order valence-electron chi connectivity index (χ0n) is 9.34. The van der Waals surface area contributed by atoms with Crippen molar-refractivity contribution in [2.24, 2.45) is 5.84 Å². The number of nitrogens with two attached hydrogens (primary N) is 1. The number of hydrazine groups is 1. The van der Waals surface area contributed by atoms with E-state index in [0.717, 1.165) is 0 Å². The lowest BCUT2D eigenvalue weighted by Crippen LogP contribution is -2.13. The maximum atomic E-state index is 13.6. The van der Waals surface area contributed by atoms with Crippen molar-refractivity contribution in [3.05, 3.63) is 39.8 Å². The van der Waals surface area contributed by atoms with Crippen molar-refractivity contribution < 1.29 is 4.39 Å². The Morgan fingerprint density at radius 3 is 2.67 bits per heavy atom. The van der Waals surface area contributed by atoms with Gasteiger partial charge in [-0.3, -0.25) is 0 Å². The summed E-state index contributed by atoms with van der Waals surface area (Å²) in [6, 6.07) is 5.05. The fourth-order valence-electron chi connectivity index (χ4n) is 1.45. The molecule has 0 spiro atoms. The van der Waals surface area contributed by atoms with E-state index < -0.39 is 5.82 Å². The molecule has 1 aromatic carbocycles. The fourth-order valence-corrected chi connectivity index (χ4v) is 1.84. The molecule has 0 bridgehead atoms. The quantitative estimate of drug-likeness (QED) is 0.657. The molecule has 2 aromatic rings. The molecule has 0 saturated carbocycles. The smallest absolute Gasteiger partial charge is 0.187 e. The number of benzene rings is 1. The van der Waals surface area contributed by atoms with Gasteiger partial charge in [0.1, 0.15) is 0 Å². The first-order chi connectivity index (χ1) is 8.54. The normalized spacial score (nSPS) is 10.5. The van der Waals surface area contributed by atoms with Crippen molar-refractivity contribution >= 4 is 29.0 Å².